The molecule has 4 fully saturated rings. The molecule has 4 atom stereocenters. The molecule has 8 rings (SSSR count). The lowest BCUT2D eigenvalue weighted by atomic mass is 9.84. The number of rotatable bonds is 17. The minimum absolute atomic E-state index is 0.126. The van der Waals surface area contributed by atoms with Crippen LogP contribution in [0.4, 0.5) is 0 Å². The molecule has 4 aliphatic rings. The summed E-state index contributed by atoms with van der Waals surface area (Å²) in [5, 5.41) is 6.18. The standard InChI is InChI=1S/C54H74P4/c1-7-25-47(26-8-1)55(48-27-9-2-10-28-48)39-19-20-40-56(49-29-11-3-12-30-49)53-37-21-23-45(43-53)46-24-22-38-54(44-46)58(52-35-17-6-18-36-52)42-41-57(50-31-13-4-14-32-50)51-33-15-5-16-34-51/h4-6,13-18,22,24,31-36,38,44-45,47-49,53H,1-3,7-12,19-21,23,25-30,37,39-43H2. The molecule has 0 saturated heterocycles. The van der Waals surface area contributed by atoms with Gasteiger partial charge in [0.25, 0.3) is 0 Å². The minimum atomic E-state index is -0.439. The van der Waals surface area contributed by atoms with Crippen LogP contribution >= 0.6 is 31.7 Å². The van der Waals surface area contributed by atoms with Gasteiger partial charge in [-0.15, -0.1) is 15.8 Å². The lowest BCUT2D eigenvalue weighted by Crippen LogP contribution is -2.25. The SMILES string of the molecule is c1ccc(P(CCP(c2ccccc2)c2cccc(C3CCCC(P(CCCCP(C4CCCCC4)C4CCCCC4)C4CCCCC4)C3)c2)c2ccccc2)cc1. The van der Waals surface area contributed by atoms with Crippen molar-refractivity contribution in [2.24, 2.45) is 0 Å². The second-order valence-corrected chi connectivity index (χ2v) is 29.0. The number of unbranched alkanes of at least 4 members (excludes halogenated alkanes) is 1. The summed E-state index contributed by atoms with van der Waals surface area (Å²) >= 11 is 0. The molecule has 0 aliphatic heterocycles. The molecular weight excluding hydrogens is 772 g/mol. The van der Waals surface area contributed by atoms with Gasteiger partial charge in [0.15, 0.2) is 0 Å². The Morgan fingerprint density at radius 3 is 1.21 bits per heavy atom. The van der Waals surface area contributed by atoms with E-state index in [1.807, 2.05) is 0 Å². The van der Waals surface area contributed by atoms with Crippen molar-refractivity contribution in [3.05, 3.63) is 121 Å². The molecule has 0 aromatic heterocycles. The van der Waals surface area contributed by atoms with Crippen molar-refractivity contribution in [1.29, 1.82) is 0 Å². The second-order valence-electron chi connectivity index (χ2n) is 18.5. The Balaban J connectivity index is 0.962. The zero-order valence-electron chi connectivity index (χ0n) is 35.8. The molecule has 0 heterocycles. The quantitative estimate of drug-likeness (QED) is 0.0734. The summed E-state index contributed by atoms with van der Waals surface area (Å²) in [6.45, 7) is 0. The Hall–Kier alpha value is -1.40. The fourth-order valence-corrected chi connectivity index (χ4v) is 25.1. The molecular formula is C54H74P4. The van der Waals surface area contributed by atoms with Crippen LogP contribution in [0, 0.1) is 0 Å². The van der Waals surface area contributed by atoms with Gasteiger partial charge in [0, 0.05) is 0 Å². The zero-order valence-corrected chi connectivity index (χ0v) is 39.4. The average molecular weight is 847 g/mol. The Bertz CT molecular complexity index is 1670. The van der Waals surface area contributed by atoms with Crippen LogP contribution in [0.15, 0.2) is 115 Å². The molecule has 0 spiro atoms. The van der Waals surface area contributed by atoms with Crippen LogP contribution in [0.2, 0.25) is 0 Å². The van der Waals surface area contributed by atoms with E-state index in [1.165, 1.54) is 106 Å². The summed E-state index contributed by atoms with van der Waals surface area (Å²) < 4.78 is 0. The van der Waals surface area contributed by atoms with E-state index in [9.17, 15) is 0 Å². The largest absolute Gasteiger partial charge is 0.100 e. The molecule has 4 unspecified atom stereocenters. The fraction of sp³-hybridized carbons (Fsp3) is 0.556. The third kappa shape index (κ3) is 11.9. The first-order valence-corrected chi connectivity index (χ1v) is 30.5. The van der Waals surface area contributed by atoms with E-state index < -0.39 is 15.8 Å². The fourth-order valence-electron chi connectivity index (χ4n) is 11.7. The van der Waals surface area contributed by atoms with E-state index in [0.29, 0.717) is 0 Å². The Labute approximate surface area is 360 Å². The molecule has 0 N–H and O–H groups in total. The highest BCUT2D eigenvalue weighted by Gasteiger charge is 2.35. The Morgan fingerprint density at radius 2 is 0.741 bits per heavy atom. The lowest BCUT2D eigenvalue weighted by Gasteiger charge is -2.41. The monoisotopic (exact) mass is 846 g/mol. The summed E-state index contributed by atoms with van der Waals surface area (Å²) in [6, 6.07) is 44.6. The smallest absolute Gasteiger partial charge is 0.0156 e. The van der Waals surface area contributed by atoms with E-state index in [2.05, 4.69) is 115 Å². The van der Waals surface area contributed by atoms with Crippen LogP contribution in [0.5, 0.6) is 0 Å². The molecule has 0 radical (unpaired) electrons. The third-order valence-corrected chi connectivity index (χ3v) is 27.5. The third-order valence-electron chi connectivity index (χ3n) is 14.7. The van der Waals surface area contributed by atoms with Gasteiger partial charge < -0.3 is 0 Å². The van der Waals surface area contributed by atoms with Crippen molar-refractivity contribution < 1.29 is 0 Å². The molecule has 4 heteroatoms. The van der Waals surface area contributed by atoms with E-state index in [4.69, 9.17) is 0 Å². The maximum absolute atomic E-state index is 2.72. The van der Waals surface area contributed by atoms with Gasteiger partial charge >= 0.3 is 0 Å². The van der Waals surface area contributed by atoms with Gasteiger partial charge in [-0.2, -0.15) is 0 Å². The van der Waals surface area contributed by atoms with E-state index in [1.54, 1.807) is 79.9 Å². The number of benzene rings is 4. The molecule has 4 aliphatic carbocycles. The van der Waals surface area contributed by atoms with E-state index >= 15 is 0 Å². The summed E-state index contributed by atoms with van der Waals surface area (Å²) in [4.78, 5) is 0. The summed E-state index contributed by atoms with van der Waals surface area (Å²) in [6.07, 6.45) is 37.8. The first kappa shape index (κ1) is 43.3. The van der Waals surface area contributed by atoms with Gasteiger partial charge in [0.2, 0.25) is 0 Å². The molecule has 310 valence electrons. The average Bonchev–Trinajstić information content (AvgIpc) is 3.31. The van der Waals surface area contributed by atoms with Crippen LogP contribution in [0.1, 0.15) is 146 Å². The first-order valence-electron chi connectivity index (χ1n) is 24.1. The number of hydrogen-bond donors (Lipinski definition) is 0. The van der Waals surface area contributed by atoms with Crippen LogP contribution in [0.25, 0.3) is 0 Å². The highest BCUT2D eigenvalue weighted by atomic mass is 31.1. The van der Waals surface area contributed by atoms with Crippen LogP contribution in [-0.4, -0.2) is 47.3 Å². The van der Waals surface area contributed by atoms with Crippen LogP contribution < -0.4 is 21.2 Å². The summed E-state index contributed by atoms with van der Waals surface area (Å²) in [7, 11) is -0.457. The minimum Gasteiger partial charge on any atom is -0.100 e. The normalized spacial score (nSPS) is 22.6. The predicted octanol–water partition coefficient (Wildman–Crippen LogP) is 15.0. The second kappa shape index (κ2) is 23.2. The maximum Gasteiger partial charge on any atom is -0.0156 e. The topological polar surface area (TPSA) is 0 Å². The first-order chi connectivity index (χ1) is 28.8. The molecule has 4 aromatic carbocycles. The van der Waals surface area contributed by atoms with Crippen molar-refractivity contribution in [3.63, 3.8) is 0 Å². The van der Waals surface area contributed by atoms with Gasteiger partial charge in [-0.3, -0.25) is 0 Å². The summed E-state index contributed by atoms with van der Waals surface area (Å²) in [5.74, 6) is 0.746. The van der Waals surface area contributed by atoms with Crippen LogP contribution in [-0.2, 0) is 0 Å². The van der Waals surface area contributed by atoms with Crippen molar-refractivity contribution in [2.45, 2.75) is 163 Å². The van der Waals surface area contributed by atoms with Gasteiger partial charge in [-0.25, -0.2) is 0 Å². The van der Waals surface area contributed by atoms with E-state index in [-0.39, 0.29) is 15.8 Å². The molecule has 0 amide bonds. The van der Waals surface area contributed by atoms with Gasteiger partial charge in [-0.1, -0.05) is 179 Å². The summed E-state index contributed by atoms with van der Waals surface area (Å²) in [5.41, 5.74) is 5.98. The molecule has 0 nitrogen and oxygen atoms in total. The highest BCUT2D eigenvalue weighted by molar-refractivity contribution is 7.76. The molecule has 4 aromatic rings. The van der Waals surface area contributed by atoms with Gasteiger partial charge in [-0.05, 0) is 166 Å². The molecule has 58 heavy (non-hydrogen) atoms. The van der Waals surface area contributed by atoms with Crippen molar-refractivity contribution in [2.75, 3.05) is 24.6 Å². The van der Waals surface area contributed by atoms with Crippen molar-refractivity contribution in [3.8, 4) is 0 Å². The predicted molar refractivity (Wildman–Crippen MR) is 266 cm³/mol. The van der Waals surface area contributed by atoms with E-state index in [0.717, 1.165) is 28.6 Å². The van der Waals surface area contributed by atoms with Crippen molar-refractivity contribution in [1.82, 2.24) is 0 Å². The Morgan fingerprint density at radius 1 is 0.345 bits per heavy atom. The zero-order chi connectivity index (χ0) is 39.2. The van der Waals surface area contributed by atoms with Gasteiger partial charge in [0.1, 0.15) is 0 Å². The molecule has 0 bridgehead atoms. The van der Waals surface area contributed by atoms with Gasteiger partial charge in [0.05, 0.1) is 0 Å². The molecule has 4 saturated carbocycles. The van der Waals surface area contributed by atoms with Crippen molar-refractivity contribution >= 4 is 52.9 Å². The maximum atomic E-state index is 2.72. The highest BCUT2D eigenvalue weighted by Crippen LogP contribution is 2.59. The van der Waals surface area contributed by atoms with Crippen LogP contribution in [0.3, 0.4) is 0 Å². The Kier molecular flexibility index (Phi) is 17.3. The number of hydrogen-bond acceptors (Lipinski definition) is 0. The lowest BCUT2D eigenvalue weighted by molar-refractivity contribution is 0.441.